The second kappa shape index (κ2) is 6.32. The van der Waals surface area contributed by atoms with Gasteiger partial charge in [0.05, 0.1) is 7.11 Å². The number of nitrogens with zero attached hydrogens (tertiary/aromatic N) is 2. The minimum absolute atomic E-state index is 0.203. The predicted molar refractivity (Wildman–Crippen MR) is 69.3 cm³/mol. The Bertz CT molecular complexity index is 356. The highest BCUT2D eigenvalue weighted by molar-refractivity contribution is 8.01. The standard InChI is InChI=1S/C10H17N3O2S2/c1-7(2)13-10(3,8(14)15-4)5-16-9-11-6-12-17-9/h6-7,13H,5H2,1-4H3. The average Bonchev–Trinajstić information content (AvgIpc) is 2.77. The molecule has 0 bridgehead atoms. The van der Waals surface area contributed by atoms with Gasteiger partial charge in [0.25, 0.3) is 0 Å². The van der Waals surface area contributed by atoms with Gasteiger partial charge < -0.3 is 4.74 Å². The smallest absolute Gasteiger partial charge is 0.326 e. The van der Waals surface area contributed by atoms with Crippen LogP contribution in [-0.2, 0) is 9.53 Å². The summed E-state index contributed by atoms with van der Waals surface area (Å²) < 4.78 is 9.61. The molecule has 1 heterocycles. The predicted octanol–water partition coefficient (Wildman–Crippen LogP) is 1.56. The van der Waals surface area contributed by atoms with Crippen molar-refractivity contribution in [3.05, 3.63) is 6.33 Å². The van der Waals surface area contributed by atoms with Crippen LogP contribution in [0.5, 0.6) is 0 Å². The van der Waals surface area contributed by atoms with Crippen molar-refractivity contribution < 1.29 is 9.53 Å². The first-order valence-electron chi connectivity index (χ1n) is 5.23. The number of esters is 1. The first-order chi connectivity index (χ1) is 7.98. The molecule has 96 valence electrons. The Hall–Kier alpha value is -0.660. The number of thioether (sulfide) groups is 1. The molecule has 1 atom stereocenters. The number of ether oxygens (including phenoxy) is 1. The van der Waals surface area contributed by atoms with Crippen LogP contribution in [-0.4, -0.2) is 39.8 Å². The van der Waals surface area contributed by atoms with Gasteiger partial charge in [0.15, 0.2) is 4.34 Å². The number of methoxy groups -OCH3 is 1. The van der Waals surface area contributed by atoms with Crippen molar-refractivity contribution in [1.29, 1.82) is 0 Å². The van der Waals surface area contributed by atoms with Crippen molar-refractivity contribution in [1.82, 2.24) is 14.7 Å². The Morgan fingerprint density at radius 1 is 1.71 bits per heavy atom. The fraction of sp³-hybridized carbons (Fsp3) is 0.700. The molecule has 7 heteroatoms. The van der Waals surface area contributed by atoms with Gasteiger partial charge in [0.2, 0.25) is 0 Å². The van der Waals surface area contributed by atoms with Crippen LogP contribution in [0.3, 0.4) is 0 Å². The maximum atomic E-state index is 11.8. The molecule has 5 nitrogen and oxygen atoms in total. The van der Waals surface area contributed by atoms with E-state index in [1.807, 2.05) is 20.8 Å². The van der Waals surface area contributed by atoms with Gasteiger partial charge in [0, 0.05) is 11.8 Å². The van der Waals surface area contributed by atoms with E-state index in [0.717, 1.165) is 4.34 Å². The minimum atomic E-state index is -0.709. The summed E-state index contributed by atoms with van der Waals surface area (Å²) in [5, 5.41) is 3.23. The number of carbonyl (C=O) groups excluding carboxylic acids is 1. The number of aromatic nitrogens is 2. The molecule has 0 fully saturated rings. The van der Waals surface area contributed by atoms with Crippen LogP contribution >= 0.6 is 23.3 Å². The summed E-state index contributed by atoms with van der Waals surface area (Å²) in [4.78, 5) is 15.9. The van der Waals surface area contributed by atoms with Crippen molar-refractivity contribution in [3.8, 4) is 0 Å². The van der Waals surface area contributed by atoms with Gasteiger partial charge in [-0.2, -0.15) is 4.37 Å². The summed E-state index contributed by atoms with van der Waals surface area (Å²) in [7, 11) is 1.40. The lowest BCUT2D eigenvalue weighted by Gasteiger charge is -2.29. The molecule has 1 rings (SSSR count). The maximum Gasteiger partial charge on any atom is 0.326 e. The fourth-order valence-corrected chi connectivity index (χ4v) is 2.98. The second-order valence-electron chi connectivity index (χ2n) is 4.12. The van der Waals surface area contributed by atoms with Crippen molar-refractivity contribution >= 4 is 29.3 Å². The zero-order valence-corrected chi connectivity index (χ0v) is 12.0. The molecule has 17 heavy (non-hydrogen) atoms. The van der Waals surface area contributed by atoms with Crippen molar-refractivity contribution in [2.45, 2.75) is 36.7 Å². The van der Waals surface area contributed by atoms with E-state index in [2.05, 4.69) is 14.7 Å². The molecule has 0 radical (unpaired) electrons. The molecule has 1 unspecified atom stereocenters. The number of nitrogens with one attached hydrogen (secondary N) is 1. The maximum absolute atomic E-state index is 11.8. The lowest BCUT2D eigenvalue weighted by molar-refractivity contribution is -0.147. The Morgan fingerprint density at radius 2 is 2.41 bits per heavy atom. The van der Waals surface area contributed by atoms with Crippen molar-refractivity contribution in [2.75, 3.05) is 12.9 Å². The van der Waals surface area contributed by atoms with E-state index in [1.54, 1.807) is 0 Å². The van der Waals surface area contributed by atoms with Crippen LogP contribution in [0.2, 0.25) is 0 Å². The molecule has 1 aromatic heterocycles. The van der Waals surface area contributed by atoms with Gasteiger partial charge in [-0.3, -0.25) is 10.1 Å². The minimum Gasteiger partial charge on any atom is -0.468 e. The molecule has 0 aliphatic rings. The normalized spacial score (nSPS) is 14.6. The number of hydrogen-bond donors (Lipinski definition) is 1. The molecule has 1 aromatic rings. The van der Waals surface area contributed by atoms with Gasteiger partial charge in [0.1, 0.15) is 11.9 Å². The van der Waals surface area contributed by atoms with Crippen LogP contribution in [0, 0.1) is 0 Å². The summed E-state index contributed by atoms with van der Waals surface area (Å²) in [5.41, 5.74) is -0.709. The molecule has 0 spiro atoms. The highest BCUT2D eigenvalue weighted by atomic mass is 32.2. The first-order valence-corrected chi connectivity index (χ1v) is 6.99. The highest BCUT2D eigenvalue weighted by Gasteiger charge is 2.35. The summed E-state index contributed by atoms with van der Waals surface area (Å²) in [6.45, 7) is 5.83. The monoisotopic (exact) mass is 275 g/mol. The third-order valence-electron chi connectivity index (χ3n) is 2.07. The van der Waals surface area contributed by atoms with Gasteiger partial charge >= 0.3 is 5.97 Å². The Kier molecular flexibility index (Phi) is 5.35. The zero-order valence-electron chi connectivity index (χ0n) is 10.4. The van der Waals surface area contributed by atoms with Crippen LogP contribution in [0.4, 0.5) is 0 Å². The summed E-state index contributed by atoms with van der Waals surface area (Å²) in [6.07, 6.45) is 1.51. The van der Waals surface area contributed by atoms with Gasteiger partial charge in [-0.1, -0.05) is 11.8 Å². The Balaban J connectivity index is 2.66. The molecule has 0 aromatic carbocycles. The van der Waals surface area contributed by atoms with Crippen LogP contribution in [0.1, 0.15) is 20.8 Å². The number of hydrogen-bond acceptors (Lipinski definition) is 7. The quantitative estimate of drug-likeness (QED) is 0.628. The van der Waals surface area contributed by atoms with E-state index in [0.29, 0.717) is 5.75 Å². The van der Waals surface area contributed by atoms with E-state index in [1.165, 1.54) is 36.7 Å². The summed E-state index contributed by atoms with van der Waals surface area (Å²) in [5.74, 6) is 0.302. The number of carbonyl (C=O) groups is 1. The van der Waals surface area contributed by atoms with Crippen LogP contribution in [0.25, 0.3) is 0 Å². The van der Waals surface area contributed by atoms with Gasteiger partial charge in [-0.25, -0.2) is 4.98 Å². The van der Waals surface area contributed by atoms with Crippen LogP contribution < -0.4 is 5.32 Å². The average molecular weight is 275 g/mol. The molecule has 0 saturated carbocycles. The van der Waals surface area contributed by atoms with E-state index < -0.39 is 5.54 Å². The summed E-state index contributed by atoms with van der Waals surface area (Å²) >= 11 is 2.83. The highest BCUT2D eigenvalue weighted by Crippen LogP contribution is 2.24. The Labute approximate surface area is 110 Å². The van der Waals surface area contributed by atoms with Crippen LogP contribution in [0.15, 0.2) is 10.7 Å². The topological polar surface area (TPSA) is 64.1 Å². The van der Waals surface area contributed by atoms with E-state index >= 15 is 0 Å². The van der Waals surface area contributed by atoms with Gasteiger partial charge in [-0.15, -0.1) is 0 Å². The van der Waals surface area contributed by atoms with Crippen molar-refractivity contribution in [2.24, 2.45) is 0 Å². The van der Waals surface area contributed by atoms with Gasteiger partial charge in [-0.05, 0) is 32.3 Å². The second-order valence-corrected chi connectivity index (χ2v) is 6.12. The first kappa shape index (κ1) is 14.4. The molecule has 0 amide bonds. The third-order valence-corrected chi connectivity index (χ3v) is 4.18. The number of rotatable bonds is 6. The SMILES string of the molecule is COC(=O)C(C)(CSc1ncns1)NC(C)C. The largest absolute Gasteiger partial charge is 0.468 e. The fourth-order valence-electron chi connectivity index (χ4n) is 1.45. The van der Waals surface area contributed by atoms with E-state index in [9.17, 15) is 4.79 Å². The van der Waals surface area contributed by atoms with E-state index in [-0.39, 0.29) is 12.0 Å². The zero-order chi connectivity index (χ0) is 12.9. The van der Waals surface area contributed by atoms with E-state index in [4.69, 9.17) is 4.74 Å². The van der Waals surface area contributed by atoms with Crippen molar-refractivity contribution in [3.63, 3.8) is 0 Å². The molecule has 0 aliphatic carbocycles. The Morgan fingerprint density at radius 3 is 2.88 bits per heavy atom. The molecular formula is C10H17N3O2S2. The lowest BCUT2D eigenvalue weighted by atomic mass is 10.0. The third kappa shape index (κ3) is 4.25. The molecule has 0 aliphatic heterocycles. The lowest BCUT2D eigenvalue weighted by Crippen LogP contribution is -2.54. The molecule has 0 saturated heterocycles. The molecular weight excluding hydrogens is 258 g/mol. The molecule has 1 N–H and O–H groups in total. The summed E-state index contributed by atoms with van der Waals surface area (Å²) in [6, 6.07) is 0.203.